The molecule has 1 unspecified atom stereocenters. The fraction of sp³-hybridized carbons (Fsp3) is 1.00. The average Bonchev–Trinajstić information content (AvgIpc) is 2.27. The highest BCUT2D eigenvalue weighted by atomic mass is 35.5. The second-order valence-electron chi connectivity index (χ2n) is 4.05. The van der Waals surface area contributed by atoms with Crippen LogP contribution >= 0.6 is 11.6 Å². The molecule has 0 radical (unpaired) electrons. The number of hydrogen-bond acceptors (Lipinski definition) is 3. The van der Waals surface area contributed by atoms with Crippen LogP contribution in [0.25, 0.3) is 0 Å². The monoisotopic (exact) mass is 269 g/mol. The lowest BCUT2D eigenvalue weighted by molar-refractivity contribution is 0.209. The third-order valence-electron chi connectivity index (χ3n) is 2.92. The molecule has 1 rings (SSSR count). The van der Waals surface area contributed by atoms with E-state index in [1.54, 1.807) is 4.31 Å². The first-order chi connectivity index (χ1) is 7.61. The van der Waals surface area contributed by atoms with Crippen molar-refractivity contribution in [2.75, 3.05) is 31.9 Å². The second-order valence-corrected chi connectivity index (χ2v) is 6.47. The molecule has 0 N–H and O–H groups in total. The Balaban J connectivity index is 2.66. The Morgan fingerprint density at radius 3 is 2.81 bits per heavy atom. The fourth-order valence-electron chi connectivity index (χ4n) is 2.06. The zero-order valence-corrected chi connectivity index (χ0v) is 11.3. The fourth-order valence-corrected chi connectivity index (χ4v) is 4.00. The van der Waals surface area contributed by atoms with Crippen molar-refractivity contribution in [3.63, 3.8) is 0 Å². The molecule has 0 aliphatic carbocycles. The van der Waals surface area contributed by atoms with Gasteiger partial charge in [0.25, 0.3) is 0 Å². The van der Waals surface area contributed by atoms with Crippen molar-refractivity contribution in [3.05, 3.63) is 0 Å². The van der Waals surface area contributed by atoms with Crippen molar-refractivity contribution in [1.29, 1.82) is 0 Å². The smallest absolute Gasteiger partial charge is 0.216 e. The van der Waals surface area contributed by atoms with Gasteiger partial charge in [0.1, 0.15) is 0 Å². The molecule has 1 atom stereocenters. The highest BCUT2D eigenvalue weighted by Crippen LogP contribution is 2.23. The van der Waals surface area contributed by atoms with Gasteiger partial charge in [-0.1, -0.05) is 6.42 Å². The molecule has 4 nitrogen and oxygen atoms in total. The van der Waals surface area contributed by atoms with Crippen LogP contribution in [-0.2, 0) is 14.8 Å². The summed E-state index contributed by atoms with van der Waals surface area (Å²) < 4.78 is 30.5. The standard InChI is InChI=1S/C10H20ClNO3S/c1-15-8-9-16(13,14)12-7-3-2-4-10(12)5-6-11/h10H,2-9H2,1H3. The van der Waals surface area contributed by atoms with E-state index in [1.165, 1.54) is 7.11 Å². The van der Waals surface area contributed by atoms with E-state index in [9.17, 15) is 8.42 Å². The van der Waals surface area contributed by atoms with Crippen molar-refractivity contribution < 1.29 is 13.2 Å². The summed E-state index contributed by atoms with van der Waals surface area (Å²) in [7, 11) is -1.65. The number of alkyl halides is 1. The van der Waals surface area contributed by atoms with Gasteiger partial charge in [0.05, 0.1) is 12.4 Å². The molecular formula is C10H20ClNO3S. The number of halogens is 1. The largest absolute Gasteiger partial charge is 0.384 e. The summed E-state index contributed by atoms with van der Waals surface area (Å²) in [5, 5.41) is 0. The zero-order chi connectivity index (χ0) is 12.0. The van der Waals surface area contributed by atoms with Crippen LogP contribution in [0.3, 0.4) is 0 Å². The summed E-state index contributed by atoms with van der Waals surface area (Å²) in [6.45, 7) is 0.889. The van der Waals surface area contributed by atoms with Gasteiger partial charge in [-0.25, -0.2) is 8.42 Å². The van der Waals surface area contributed by atoms with Gasteiger partial charge in [0, 0.05) is 25.6 Å². The highest BCUT2D eigenvalue weighted by molar-refractivity contribution is 7.89. The molecule has 0 amide bonds. The van der Waals surface area contributed by atoms with Crippen LogP contribution in [0.4, 0.5) is 0 Å². The SMILES string of the molecule is COCCS(=O)(=O)N1CCCCC1CCCl. The lowest BCUT2D eigenvalue weighted by atomic mass is 10.0. The molecule has 0 aromatic heterocycles. The molecule has 1 aliphatic rings. The van der Waals surface area contributed by atoms with E-state index in [4.69, 9.17) is 16.3 Å². The molecule has 0 bridgehead atoms. The molecular weight excluding hydrogens is 250 g/mol. The molecule has 0 aromatic rings. The molecule has 6 heteroatoms. The molecule has 1 aliphatic heterocycles. The van der Waals surface area contributed by atoms with E-state index in [0.717, 1.165) is 25.7 Å². The summed E-state index contributed by atoms with van der Waals surface area (Å²) in [5.74, 6) is 0.587. The van der Waals surface area contributed by atoms with Crippen LogP contribution in [0.2, 0.25) is 0 Å². The minimum Gasteiger partial charge on any atom is -0.384 e. The Kier molecular flexibility index (Phi) is 6.03. The van der Waals surface area contributed by atoms with Crippen LogP contribution in [0, 0.1) is 0 Å². The first-order valence-corrected chi connectivity index (χ1v) is 7.80. The van der Waals surface area contributed by atoms with Crippen LogP contribution in [0.15, 0.2) is 0 Å². The topological polar surface area (TPSA) is 46.6 Å². The maximum Gasteiger partial charge on any atom is 0.216 e. The Hall–Kier alpha value is 0.160. The van der Waals surface area contributed by atoms with Gasteiger partial charge >= 0.3 is 0 Å². The normalized spacial score (nSPS) is 23.5. The van der Waals surface area contributed by atoms with E-state index < -0.39 is 10.0 Å². The first kappa shape index (κ1) is 14.2. The van der Waals surface area contributed by atoms with Gasteiger partial charge in [-0.05, 0) is 19.3 Å². The molecule has 1 fully saturated rings. The molecule has 0 aromatic carbocycles. The molecule has 96 valence electrons. The van der Waals surface area contributed by atoms with Crippen molar-refractivity contribution in [1.82, 2.24) is 4.31 Å². The average molecular weight is 270 g/mol. The Morgan fingerprint density at radius 1 is 1.44 bits per heavy atom. The summed E-state index contributed by atoms with van der Waals surface area (Å²) in [5.41, 5.74) is 0. The minimum atomic E-state index is -3.17. The van der Waals surface area contributed by atoms with E-state index >= 15 is 0 Å². The third-order valence-corrected chi connectivity index (χ3v) is 5.01. The quantitative estimate of drug-likeness (QED) is 0.686. The summed E-state index contributed by atoms with van der Waals surface area (Å²) in [6, 6.07) is 0.0908. The predicted molar refractivity (Wildman–Crippen MR) is 65.3 cm³/mol. The zero-order valence-electron chi connectivity index (χ0n) is 9.69. The number of piperidine rings is 1. The van der Waals surface area contributed by atoms with E-state index in [0.29, 0.717) is 12.4 Å². The van der Waals surface area contributed by atoms with Crippen molar-refractivity contribution in [2.45, 2.75) is 31.7 Å². The summed E-state index contributed by atoms with van der Waals surface area (Å²) >= 11 is 5.71. The van der Waals surface area contributed by atoms with Gasteiger partial charge in [0.2, 0.25) is 10.0 Å². The molecule has 1 heterocycles. The van der Waals surface area contributed by atoms with Gasteiger partial charge in [-0.15, -0.1) is 11.6 Å². The second kappa shape index (κ2) is 6.79. The minimum absolute atomic E-state index is 0.0717. The summed E-state index contributed by atoms with van der Waals surface area (Å²) in [6.07, 6.45) is 3.72. The number of methoxy groups -OCH3 is 1. The maximum absolute atomic E-state index is 12.0. The third kappa shape index (κ3) is 3.87. The van der Waals surface area contributed by atoms with E-state index in [2.05, 4.69) is 0 Å². The number of hydrogen-bond donors (Lipinski definition) is 0. The number of nitrogens with zero attached hydrogens (tertiary/aromatic N) is 1. The van der Waals surface area contributed by atoms with Crippen molar-refractivity contribution in [3.8, 4) is 0 Å². The van der Waals surface area contributed by atoms with Crippen LogP contribution < -0.4 is 0 Å². The van der Waals surface area contributed by atoms with Gasteiger partial charge < -0.3 is 4.74 Å². The van der Waals surface area contributed by atoms with Crippen molar-refractivity contribution in [2.24, 2.45) is 0 Å². The van der Waals surface area contributed by atoms with Gasteiger partial charge in [-0.2, -0.15) is 4.31 Å². The Labute approximate surface area is 103 Å². The number of rotatable bonds is 6. The Morgan fingerprint density at radius 2 is 2.19 bits per heavy atom. The molecule has 0 saturated carbocycles. The number of ether oxygens (including phenoxy) is 1. The van der Waals surface area contributed by atoms with Crippen LogP contribution in [0.5, 0.6) is 0 Å². The highest BCUT2D eigenvalue weighted by Gasteiger charge is 2.31. The summed E-state index contributed by atoms with van der Waals surface area (Å²) in [4.78, 5) is 0. The Bertz CT molecular complexity index is 292. The lowest BCUT2D eigenvalue weighted by Crippen LogP contribution is -2.45. The van der Waals surface area contributed by atoms with Crippen molar-refractivity contribution >= 4 is 21.6 Å². The molecule has 0 spiro atoms. The predicted octanol–water partition coefficient (Wildman–Crippen LogP) is 1.45. The maximum atomic E-state index is 12.0. The van der Waals surface area contributed by atoms with Gasteiger partial charge in [0.15, 0.2) is 0 Å². The molecule has 16 heavy (non-hydrogen) atoms. The van der Waals surface area contributed by atoms with Gasteiger partial charge in [-0.3, -0.25) is 0 Å². The van der Waals surface area contributed by atoms with E-state index in [-0.39, 0.29) is 18.4 Å². The lowest BCUT2D eigenvalue weighted by Gasteiger charge is -2.34. The van der Waals surface area contributed by atoms with Crippen LogP contribution in [0.1, 0.15) is 25.7 Å². The van der Waals surface area contributed by atoms with Crippen LogP contribution in [-0.4, -0.2) is 50.7 Å². The molecule has 1 saturated heterocycles. The number of sulfonamides is 1. The van der Waals surface area contributed by atoms with E-state index in [1.807, 2.05) is 0 Å². The first-order valence-electron chi connectivity index (χ1n) is 5.66.